The molecule has 104 valence electrons. The number of piperidine rings is 1. The predicted octanol–water partition coefficient (Wildman–Crippen LogP) is 2.18. The molecule has 4 nitrogen and oxygen atoms in total. The van der Waals surface area contributed by atoms with Crippen molar-refractivity contribution in [3.63, 3.8) is 0 Å². The van der Waals surface area contributed by atoms with Crippen LogP contribution >= 0.6 is 11.3 Å². The maximum Gasteiger partial charge on any atom is 0.225 e. The van der Waals surface area contributed by atoms with Gasteiger partial charge in [0.1, 0.15) is 0 Å². The quantitative estimate of drug-likeness (QED) is 0.922. The number of carbonyl (C=O) groups is 2. The molecule has 2 atom stereocenters. The predicted molar refractivity (Wildman–Crippen MR) is 75.8 cm³/mol. The van der Waals surface area contributed by atoms with Crippen molar-refractivity contribution >= 4 is 23.2 Å². The molecule has 0 unspecified atom stereocenters. The first-order chi connectivity index (χ1) is 9.00. The van der Waals surface area contributed by atoms with Crippen molar-refractivity contribution in [3.8, 4) is 0 Å². The second-order valence-electron chi connectivity index (χ2n) is 5.27. The number of hydrogen-bond acceptors (Lipinski definition) is 3. The molecule has 2 heterocycles. The Hall–Kier alpha value is -1.36. The van der Waals surface area contributed by atoms with Gasteiger partial charge in [-0.05, 0) is 31.7 Å². The Labute approximate surface area is 117 Å². The van der Waals surface area contributed by atoms with Gasteiger partial charge in [0.05, 0.1) is 12.0 Å². The lowest BCUT2D eigenvalue weighted by molar-refractivity contribution is -0.141. The zero-order chi connectivity index (χ0) is 14.0. The molecule has 2 rings (SSSR count). The lowest BCUT2D eigenvalue weighted by atomic mass is 9.87. The van der Waals surface area contributed by atoms with E-state index in [9.17, 15) is 9.59 Å². The van der Waals surface area contributed by atoms with Gasteiger partial charge in [-0.25, -0.2) is 0 Å². The highest BCUT2D eigenvalue weighted by molar-refractivity contribution is 7.10. The number of likely N-dealkylation sites (tertiary alicyclic amines) is 1. The molecule has 0 spiro atoms. The summed E-state index contributed by atoms with van der Waals surface area (Å²) >= 11 is 1.60. The fourth-order valence-corrected chi connectivity index (χ4v) is 3.49. The van der Waals surface area contributed by atoms with E-state index in [1.807, 2.05) is 31.4 Å². The topological polar surface area (TPSA) is 49.4 Å². The monoisotopic (exact) mass is 280 g/mol. The minimum atomic E-state index is -0.149. The van der Waals surface area contributed by atoms with Crippen molar-refractivity contribution in [3.05, 3.63) is 22.4 Å². The van der Waals surface area contributed by atoms with Gasteiger partial charge in [0, 0.05) is 24.4 Å². The van der Waals surface area contributed by atoms with Crippen LogP contribution in [-0.4, -0.2) is 29.8 Å². The van der Waals surface area contributed by atoms with Gasteiger partial charge < -0.3 is 10.2 Å². The molecule has 0 radical (unpaired) electrons. The van der Waals surface area contributed by atoms with E-state index in [1.54, 1.807) is 23.3 Å². The summed E-state index contributed by atoms with van der Waals surface area (Å²) in [6.07, 6.45) is 1.08. The van der Waals surface area contributed by atoms with E-state index in [-0.39, 0.29) is 29.8 Å². The Kier molecular flexibility index (Phi) is 4.24. The maximum absolute atomic E-state index is 12.3. The number of hydrogen-bond donors (Lipinski definition) is 1. The third-order valence-electron chi connectivity index (χ3n) is 3.46. The van der Waals surface area contributed by atoms with Crippen LogP contribution in [0.4, 0.5) is 0 Å². The van der Waals surface area contributed by atoms with E-state index >= 15 is 0 Å². The lowest BCUT2D eigenvalue weighted by Gasteiger charge is -2.38. The van der Waals surface area contributed by atoms with Gasteiger partial charge in [-0.1, -0.05) is 6.07 Å². The molecule has 0 saturated carbocycles. The van der Waals surface area contributed by atoms with Crippen molar-refractivity contribution in [2.45, 2.75) is 38.8 Å². The first-order valence-electron chi connectivity index (χ1n) is 6.60. The van der Waals surface area contributed by atoms with Gasteiger partial charge in [0.2, 0.25) is 11.8 Å². The zero-order valence-corrected chi connectivity index (χ0v) is 12.4. The summed E-state index contributed by atoms with van der Waals surface area (Å²) in [6.45, 7) is 3.91. The van der Waals surface area contributed by atoms with Gasteiger partial charge in [-0.3, -0.25) is 9.59 Å². The minimum Gasteiger partial charge on any atom is -0.354 e. The largest absolute Gasteiger partial charge is 0.354 e. The molecule has 1 saturated heterocycles. The van der Waals surface area contributed by atoms with Crippen LogP contribution in [0.25, 0.3) is 0 Å². The average molecular weight is 280 g/mol. The second-order valence-corrected chi connectivity index (χ2v) is 6.25. The normalized spacial score (nSPS) is 23.8. The first kappa shape index (κ1) is 14.1. The molecular formula is C14H20N2O2S. The highest BCUT2D eigenvalue weighted by Crippen LogP contribution is 2.37. The Morgan fingerprint density at radius 1 is 1.53 bits per heavy atom. The van der Waals surface area contributed by atoms with E-state index in [2.05, 4.69) is 5.32 Å². The van der Waals surface area contributed by atoms with Crippen LogP contribution in [0.5, 0.6) is 0 Å². The Balaban J connectivity index is 2.25. The number of carbonyl (C=O) groups excluding carboxylic acids is 2. The molecule has 1 aliphatic heterocycles. The Morgan fingerprint density at radius 2 is 2.26 bits per heavy atom. The molecule has 0 aromatic carbocycles. The van der Waals surface area contributed by atoms with Crippen LogP contribution in [0.3, 0.4) is 0 Å². The maximum atomic E-state index is 12.3. The molecular weight excluding hydrogens is 260 g/mol. The fraction of sp³-hybridized carbons (Fsp3) is 0.571. The number of nitrogens with zero attached hydrogens (tertiary/aromatic N) is 1. The smallest absolute Gasteiger partial charge is 0.225 e. The summed E-state index contributed by atoms with van der Waals surface area (Å²) in [5, 5.41) is 4.95. The highest BCUT2D eigenvalue weighted by atomic mass is 32.1. The van der Waals surface area contributed by atoms with Crippen LogP contribution in [0.2, 0.25) is 0 Å². The summed E-state index contributed by atoms with van der Waals surface area (Å²) < 4.78 is 0. The second kappa shape index (κ2) is 5.74. The zero-order valence-electron chi connectivity index (χ0n) is 11.6. The Morgan fingerprint density at radius 3 is 2.84 bits per heavy atom. The minimum absolute atomic E-state index is 0.0488. The number of nitrogens with one attached hydrogen (secondary N) is 1. The van der Waals surface area contributed by atoms with Crippen molar-refractivity contribution in [1.82, 2.24) is 10.2 Å². The molecule has 19 heavy (non-hydrogen) atoms. The van der Waals surface area contributed by atoms with Crippen molar-refractivity contribution in [1.29, 1.82) is 0 Å². The summed E-state index contributed by atoms with van der Waals surface area (Å²) in [6, 6.07) is 3.96. The molecule has 1 aromatic heterocycles. The lowest BCUT2D eigenvalue weighted by Crippen LogP contribution is -2.47. The molecule has 0 bridgehead atoms. The summed E-state index contributed by atoms with van der Waals surface area (Å²) in [5.74, 6) is 0.0171. The van der Waals surface area contributed by atoms with Crippen LogP contribution in [0.1, 0.15) is 37.6 Å². The van der Waals surface area contributed by atoms with Gasteiger partial charge in [0.15, 0.2) is 0 Å². The Bertz CT molecular complexity index is 456. The standard InChI is InChI=1S/C14H20N2O2S/c1-9(2)15-14(18)10-6-7-12(17)16(3)13(10)11-5-4-8-19-11/h4-5,8-10,13H,6-7H2,1-3H3,(H,15,18)/t10-,13+/m1/s1. The first-order valence-corrected chi connectivity index (χ1v) is 7.48. The number of thiophene rings is 1. The van der Waals surface area contributed by atoms with E-state index in [1.165, 1.54) is 0 Å². The molecule has 1 N–H and O–H groups in total. The van der Waals surface area contributed by atoms with Gasteiger partial charge >= 0.3 is 0 Å². The third kappa shape index (κ3) is 2.97. The van der Waals surface area contributed by atoms with Crippen LogP contribution in [0, 0.1) is 5.92 Å². The number of rotatable bonds is 3. The van der Waals surface area contributed by atoms with E-state index in [4.69, 9.17) is 0 Å². The van der Waals surface area contributed by atoms with Crippen LogP contribution in [-0.2, 0) is 9.59 Å². The third-order valence-corrected chi connectivity index (χ3v) is 4.41. The highest BCUT2D eigenvalue weighted by Gasteiger charge is 2.39. The van der Waals surface area contributed by atoms with Gasteiger partial charge in [-0.15, -0.1) is 11.3 Å². The van der Waals surface area contributed by atoms with E-state index in [0.717, 1.165) is 4.88 Å². The SMILES string of the molecule is CC(C)NC(=O)[C@@H]1CCC(=O)N(C)[C@@H]1c1cccs1. The summed E-state index contributed by atoms with van der Waals surface area (Å²) in [5.41, 5.74) is 0. The fourth-order valence-electron chi connectivity index (χ4n) is 2.55. The van der Waals surface area contributed by atoms with Crippen molar-refractivity contribution in [2.75, 3.05) is 7.05 Å². The molecule has 1 fully saturated rings. The number of amides is 2. The van der Waals surface area contributed by atoms with E-state index in [0.29, 0.717) is 12.8 Å². The average Bonchev–Trinajstić information content (AvgIpc) is 2.84. The molecule has 0 aliphatic carbocycles. The van der Waals surface area contributed by atoms with Gasteiger partial charge in [-0.2, -0.15) is 0 Å². The van der Waals surface area contributed by atoms with Crippen LogP contribution < -0.4 is 5.32 Å². The molecule has 2 amide bonds. The van der Waals surface area contributed by atoms with Crippen molar-refractivity contribution in [2.24, 2.45) is 5.92 Å². The summed E-state index contributed by atoms with van der Waals surface area (Å²) in [7, 11) is 1.79. The molecule has 1 aromatic rings. The van der Waals surface area contributed by atoms with Gasteiger partial charge in [0.25, 0.3) is 0 Å². The molecule has 5 heteroatoms. The van der Waals surface area contributed by atoms with E-state index < -0.39 is 0 Å². The van der Waals surface area contributed by atoms with Crippen molar-refractivity contribution < 1.29 is 9.59 Å². The summed E-state index contributed by atoms with van der Waals surface area (Å²) in [4.78, 5) is 27.0. The molecule has 1 aliphatic rings. The van der Waals surface area contributed by atoms with Crippen LogP contribution in [0.15, 0.2) is 17.5 Å².